The Bertz CT molecular complexity index is 185. The molecule has 0 radical (unpaired) electrons. The van der Waals surface area contributed by atoms with E-state index in [1.54, 1.807) is 0 Å². The topological polar surface area (TPSA) is 23.5 Å². The molecule has 0 bridgehead atoms. The molecule has 1 N–H and O–H groups in total. The molecule has 0 unspecified atom stereocenters. The number of halogens is 1. The molecule has 0 saturated heterocycles. The summed E-state index contributed by atoms with van der Waals surface area (Å²) in [4.78, 5) is 2.50. The average molecular weight is 292 g/mol. The van der Waals surface area contributed by atoms with Gasteiger partial charge in [0.15, 0.2) is 0 Å². The fraction of sp³-hybridized carbons (Fsp3) is 1.00. The van der Waals surface area contributed by atoms with E-state index >= 15 is 0 Å². The predicted molar refractivity (Wildman–Crippen MR) is 73.1 cm³/mol. The lowest BCUT2D eigenvalue weighted by Crippen LogP contribution is -2.48. The summed E-state index contributed by atoms with van der Waals surface area (Å²) in [6, 6.07) is 0.642. The average Bonchev–Trinajstić information content (AvgIpc) is 2.25. The van der Waals surface area contributed by atoms with Gasteiger partial charge in [0.05, 0.1) is 6.61 Å². The van der Waals surface area contributed by atoms with Crippen LogP contribution >= 0.6 is 15.9 Å². The number of aliphatic hydroxyl groups excluding tert-OH is 1. The molecule has 1 aliphatic carbocycles. The van der Waals surface area contributed by atoms with Crippen LogP contribution in [0.5, 0.6) is 0 Å². The van der Waals surface area contributed by atoms with Crippen LogP contribution in [0.2, 0.25) is 0 Å². The minimum Gasteiger partial charge on any atom is -0.395 e. The first-order valence-electron chi connectivity index (χ1n) is 6.62. The summed E-state index contributed by atoms with van der Waals surface area (Å²) in [5, 5.41) is 10.3. The van der Waals surface area contributed by atoms with Gasteiger partial charge < -0.3 is 5.11 Å². The van der Waals surface area contributed by atoms with Gasteiger partial charge in [-0.3, -0.25) is 4.90 Å². The van der Waals surface area contributed by atoms with Crippen LogP contribution in [-0.2, 0) is 0 Å². The Balaban J connectivity index is 2.55. The zero-order chi connectivity index (χ0) is 12.0. The molecule has 1 rings (SSSR count). The van der Waals surface area contributed by atoms with Crippen molar-refractivity contribution < 1.29 is 5.11 Å². The second kappa shape index (κ2) is 6.97. The second-order valence-corrected chi connectivity index (χ2v) is 5.71. The summed E-state index contributed by atoms with van der Waals surface area (Å²) >= 11 is 3.67. The van der Waals surface area contributed by atoms with E-state index in [-0.39, 0.29) is 6.61 Å². The number of hydrogen-bond donors (Lipinski definition) is 1. The molecule has 0 heterocycles. The summed E-state index contributed by atoms with van der Waals surface area (Å²) in [7, 11) is 0. The maximum Gasteiger partial charge on any atom is 0.0558 e. The van der Waals surface area contributed by atoms with Crippen molar-refractivity contribution >= 4 is 15.9 Å². The van der Waals surface area contributed by atoms with E-state index in [0.29, 0.717) is 11.5 Å². The van der Waals surface area contributed by atoms with Crippen molar-refractivity contribution in [3.8, 4) is 0 Å². The first kappa shape index (κ1) is 14.5. The van der Waals surface area contributed by atoms with E-state index in [1.165, 1.54) is 32.1 Å². The van der Waals surface area contributed by atoms with Crippen LogP contribution in [0.3, 0.4) is 0 Å². The lowest BCUT2D eigenvalue weighted by atomic mass is 9.70. The zero-order valence-corrected chi connectivity index (χ0v) is 12.3. The van der Waals surface area contributed by atoms with Gasteiger partial charge in [0.2, 0.25) is 0 Å². The first-order valence-corrected chi connectivity index (χ1v) is 7.74. The van der Waals surface area contributed by atoms with Gasteiger partial charge in [-0.05, 0) is 31.1 Å². The van der Waals surface area contributed by atoms with Crippen LogP contribution in [0.15, 0.2) is 0 Å². The summed E-state index contributed by atoms with van der Waals surface area (Å²) in [5.41, 5.74) is 0.498. The van der Waals surface area contributed by atoms with Crippen LogP contribution in [0.25, 0.3) is 0 Å². The van der Waals surface area contributed by atoms with Gasteiger partial charge in [-0.1, -0.05) is 36.2 Å². The van der Waals surface area contributed by atoms with Crippen LogP contribution < -0.4 is 0 Å². The van der Waals surface area contributed by atoms with E-state index in [1.807, 2.05) is 0 Å². The van der Waals surface area contributed by atoms with Crippen molar-refractivity contribution in [1.82, 2.24) is 4.90 Å². The normalized spacial score (nSPS) is 19.1. The van der Waals surface area contributed by atoms with Crippen molar-refractivity contribution in [3.05, 3.63) is 0 Å². The fourth-order valence-corrected chi connectivity index (χ4v) is 3.50. The third kappa shape index (κ3) is 3.44. The van der Waals surface area contributed by atoms with E-state index in [4.69, 9.17) is 0 Å². The van der Waals surface area contributed by atoms with Crippen molar-refractivity contribution in [1.29, 1.82) is 0 Å². The lowest BCUT2D eigenvalue weighted by Gasteiger charge is -2.46. The number of aliphatic hydroxyl groups is 1. The van der Waals surface area contributed by atoms with Gasteiger partial charge >= 0.3 is 0 Å². The monoisotopic (exact) mass is 291 g/mol. The predicted octanol–water partition coefficient (Wildman–Crippen LogP) is 3.03. The van der Waals surface area contributed by atoms with Gasteiger partial charge in [-0.15, -0.1) is 0 Å². The van der Waals surface area contributed by atoms with E-state index < -0.39 is 0 Å². The Labute approximate surface area is 109 Å². The number of nitrogens with zero attached hydrogens (tertiary/aromatic N) is 1. The summed E-state index contributed by atoms with van der Waals surface area (Å²) in [5.74, 6) is 0. The largest absolute Gasteiger partial charge is 0.395 e. The first-order chi connectivity index (χ1) is 7.71. The molecular weight excluding hydrogens is 266 g/mol. The Morgan fingerprint density at radius 1 is 1.31 bits per heavy atom. The van der Waals surface area contributed by atoms with Gasteiger partial charge in [0.25, 0.3) is 0 Å². The number of rotatable bonds is 8. The number of hydrogen-bond acceptors (Lipinski definition) is 2. The maximum atomic E-state index is 9.18. The van der Waals surface area contributed by atoms with Crippen molar-refractivity contribution in [2.24, 2.45) is 5.41 Å². The summed E-state index contributed by atoms with van der Waals surface area (Å²) in [6.07, 6.45) is 6.45. The van der Waals surface area contributed by atoms with Crippen molar-refractivity contribution in [3.63, 3.8) is 0 Å². The molecule has 0 aromatic carbocycles. The Morgan fingerprint density at radius 3 is 2.25 bits per heavy atom. The molecule has 1 aliphatic rings. The van der Waals surface area contributed by atoms with Gasteiger partial charge in [0, 0.05) is 24.5 Å². The highest BCUT2D eigenvalue weighted by molar-refractivity contribution is 9.09. The third-order valence-electron chi connectivity index (χ3n) is 4.08. The fourth-order valence-electron chi connectivity index (χ4n) is 2.77. The molecule has 0 aliphatic heterocycles. The smallest absolute Gasteiger partial charge is 0.0558 e. The molecule has 0 amide bonds. The van der Waals surface area contributed by atoms with Crippen LogP contribution in [0.4, 0.5) is 0 Å². The van der Waals surface area contributed by atoms with Crippen LogP contribution in [0.1, 0.15) is 46.0 Å². The highest BCUT2D eigenvalue weighted by Crippen LogP contribution is 2.43. The highest BCUT2D eigenvalue weighted by Gasteiger charge is 2.38. The molecule has 2 nitrogen and oxygen atoms in total. The minimum atomic E-state index is 0.287. The molecule has 0 spiro atoms. The molecule has 0 atom stereocenters. The van der Waals surface area contributed by atoms with E-state index in [2.05, 4.69) is 34.7 Å². The molecule has 3 heteroatoms. The second-order valence-electron chi connectivity index (χ2n) is 5.15. The van der Waals surface area contributed by atoms with E-state index in [0.717, 1.165) is 18.4 Å². The van der Waals surface area contributed by atoms with Gasteiger partial charge in [-0.25, -0.2) is 0 Å². The summed E-state index contributed by atoms with van der Waals surface area (Å²) < 4.78 is 0. The minimum absolute atomic E-state index is 0.287. The van der Waals surface area contributed by atoms with Crippen molar-refractivity contribution in [2.75, 3.05) is 25.0 Å². The van der Waals surface area contributed by atoms with E-state index in [9.17, 15) is 5.11 Å². The molecule has 1 fully saturated rings. The number of alkyl halides is 1. The Hall–Kier alpha value is 0.400. The summed E-state index contributed by atoms with van der Waals surface area (Å²) in [6.45, 7) is 6.78. The molecule has 0 aromatic rings. The van der Waals surface area contributed by atoms with Gasteiger partial charge in [-0.2, -0.15) is 0 Å². The molecular formula is C13H26BrNO. The quantitative estimate of drug-likeness (QED) is 0.695. The maximum absolute atomic E-state index is 9.18. The Kier molecular flexibility index (Phi) is 6.30. The SMILES string of the molecule is CCC(CC)N(CCO)CC1(CBr)CCC1. The Morgan fingerprint density at radius 2 is 1.94 bits per heavy atom. The van der Waals surface area contributed by atoms with Crippen LogP contribution in [-0.4, -0.2) is 41.1 Å². The van der Waals surface area contributed by atoms with Crippen LogP contribution in [0, 0.1) is 5.41 Å². The highest BCUT2D eigenvalue weighted by atomic mass is 79.9. The zero-order valence-electron chi connectivity index (χ0n) is 10.7. The molecule has 16 heavy (non-hydrogen) atoms. The third-order valence-corrected chi connectivity index (χ3v) is 5.27. The lowest BCUT2D eigenvalue weighted by molar-refractivity contribution is 0.0498. The standard InChI is InChI=1S/C13H26BrNO/c1-3-12(4-2)15(8-9-16)11-13(10-14)6-5-7-13/h12,16H,3-11H2,1-2H3. The van der Waals surface area contributed by atoms with Crippen molar-refractivity contribution in [2.45, 2.75) is 52.0 Å². The molecule has 0 aromatic heterocycles. The molecule has 96 valence electrons. The molecule has 1 saturated carbocycles. The van der Waals surface area contributed by atoms with Gasteiger partial charge in [0.1, 0.15) is 0 Å².